The molecule has 0 bridgehead atoms. The maximum Gasteiger partial charge on any atom is 0.281 e. The molecule has 0 spiro atoms. The highest BCUT2D eigenvalue weighted by Crippen LogP contribution is 2.30. The molecule has 1 aliphatic heterocycles. The van der Waals surface area contributed by atoms with Crippen LogP contribution in [0.1, 0.15) is 12.5 Å². The Hall–Kier alpha value is -3.37. The number of hydrogen-bond donors (Lipinski definition) is 1. The SMILES string of the molecule is C#CCOc1ccc(/C=C2\NC(=S)N(c3ccccc3F)C2=O)cc1OCC. The summed E-state index contributed by atoms with van der Waals surface area (Å²) in [5.41, 5.74) is 1.01. The van der Waals surface area contributed by atoms with Crippen molar-refractivity contribution in [3.8, 4) is 23.8 Å². The van der Waals surface area contributed by atoms with E-state index in [1.54, 1.807) is 36.4 Å². The molecule has 1 aliphatic rings. The Morgan fingerprint density at radius 3 is 2.75 bits per heavy atom. The number of nitrogens with zero attached hydrogens (tertiary/aromatic N) is 1. The monoisotopic (exact) mass is 396 g/mol. The van der Waals surface area contributed by atoms with Gasteiger partial charge < -0.3 is 14.8 Å². The molecule has 3 rings (SSSR count). The van der Waals surface area contributed by atoms with Crippen LogP contribution in [-0.4, -0.2) is 24.2 Å². The Labute approximate surface area is 167 Å². The van der Waals surface area contributed by atoms with Gasteiger partial charge in [0.15, 0.2) is 16.6 Å². The van der Waals surface area contributed by atoms with E-state index in [9.17, 15) is 9.18 Å². The highest BCUT2D eigenvalue weighted by Gasteiger charge is 2.33. The largest absolute Gasteiger partial charge is 0.490 e. The van der Waals surface area contributed by atoms with E-state index in [4.69, 9.17) is 28.1 Å². The number of carbonyl (C=O) groups is 1. The molecule has 0 aliphatic carbocycles. The van der Waals surface area contributed by atoms with Crippen LogP contribution < -0.4 is 19.7 Å². The van der Waals surface area contributed by atoms with E-state index in [1.807, 2.05) is 6.92 Å². The Kier molecular flexibility index (Phi) is 5.92. The maximum absolute atomic E-state index is 14.1. The van der Waals surface area contributed by atoms with Crippen LogP contribution in [0.5, 0.6) is 11.5 Å². The van der Waals surface area contributed by atoms with Crippen molar-refractivity contribution in [3.63, 3.8) is 0 Å². The second-order valence-corrected chi connectivity index (χ2v) is 6.10. The van der Waals surface area contributed by atoms with Crippen molar-refractivity contribution in [1.82, 2.24) is 5.32 Å². The van der Waals surface area contributed by atoms with Gasteiger partial charge in [-0.05, 0) is 55.0 Å². The third kappa shape index (κ3) is 3.97. The number of ether oxygens (including phenoxy) is 2. The number of amides is 1. The fourth-order valence-electron chi connectivity index (χ4n) is 2.68. The van der Waals surface area contributed by atoms with E-state index in [0.717, 1.165) is 4.90 Å². The molecule has 0 aromatic heterocycles. The summed E-state index contributed by atoms with van der Waals surface area (Å²) < 4.78 is 25.1. The number of halogens is 1. The van der Waals surface area contributed by atoms with Gasteiger partial charge in [-0.3, -0.25) is 4.79 Å². The molecule has 2 aromatic carbocycles. The molecule has 0 atom stereocenters. The summed E-state index contributed by atoms with van der Waals surface area (Å²) in [7, 11) is 0. The first-order chi connectivity index (χ1) is 13.5. The number of anilines is 1. The van der Waals surface area contributed by atoms with E-state index >= 15 is 0 Å². The minimum absolute atomic E-state index is 0.0986. The molecule has 142 valence electrons. The lowest BCUT2D eigenvalue weighted by atomic mass is 10.1. The lowest BCUT2D eigenvalue weighted by molar-refractivity contribution is -0.113. The second-order valence-electron chi connectivity index (χ2n) is 5.71. The summed E-state index contributed by atoms with van der Waals surface area (Å²) in [6, 6.07) is 11.1. The normalized spacial score (nSPS) is 14.8. The van der Waals surface area contributed by atoms with Crippen molar-refractivity contribution in [3.05, 3.63) is 59.5 Å². The lowest BCUT2D eigenvalue weighted by Crippen LogP contribution is -2.31. The molecule has 28 heavy (non-hydrogen) atoms. The molecule has 1 heterocycles. The van der Waals surface area contributed by atoms with Crippen molar-refractivity contribution >= 4 is 35.0 Å². The van der Waals surface area contributed by atoms with Gasteiger partial charge in [0, 0.05) is 0 Å². The molecular formula is C21H17FN2O3S. The average Bonchev–Trinajstić information content (AvgIpc) is 2.95. The summed E-state index contributed by atoms with van der Waals surface area (Å²) in [5, 5.41) is 2.94. The lowest BCUT2D eigenvalue weighted by Gasteiger charge is -2.14. The minimum atomic E-state index is -0.533. The van der Waals surface area contributed by atoms with Crippen molar-refractivity contribution in [2.45, 2.75) is 6.92 Å². The van der Waals surface area contributed by atoms with Gasteiger partial charge in [0.05, 0.1) is 12.3 Å². The van der Waals surface area contributed by atoms with E-state index in [-0.39, 0.29) is 23.1 Å². The number of terminal acetylenes is 1. The van der Waals surface area contributed by atoms with Crippen LogP contribution in [0.25, 0.3) is 6.08 Å². The van der Waals surface area contributed by atoms with Gasteiger partial charge in [-0.2, -0.15) is 0 Å². The summed E-state index contributed by atoms with van der Waals surface area (Å²) in [6.45, 7) is 2.41. The molecule has 1 amide bonds. The van der Waals surface area contributed by atoms with Crippen LogP contribution in [0.2, 0.25) is 0 Å². The number of benzene rings is 2. The zero-order valence-corrected chi connectivity index (χ0v) is 15.9. The van der Waals surface area contributed by atoms with Gasteiger partial charge >= 0.3 is 0 Å². The number of thiocarbonyl (C=S) groups is 1. The van der Waals surface area contributed by atoms with Crippen LogP contribution in [0.15, 0.2) is 48.2 Å². The van der Waals surface area contributed by atoms with E-state index in [1.165, 1.54) is 12.1 Å². The molecule has 0 unspecified atom stereocenters. The Bertz CT molecular complexity index is 997. The molecule has 0 saturated carbocycles. The predicted octanol–water partition coefficient (Wildman–Crippen LogP) is 3.50. The molecule has 1 fully saturated rings. The smallest absolute Gasteiger partial charge is 0.281 e. The van der Waals surface area contributed by atoms with Crippen molar-refractivity contribution in [1.29, 1.82) is 0 Å². The predicted molar refractivity (Wildman–Crippen MR) is 110 cm³/mol. The van der Waals surface area contributed by atoms with E-state index in [2.05, 4.69) is 11.2 Å². The van der Waals surface area contributed by atoms with E-state index < -0.39 is 11.7 Å². The first-order valence-corrected chi connectivity index (χ1v) is 8.90. The zero-order chi connectivity index (χ0) is 20.1. The summed E-state index contributed by atoms with van der Waals surface area (Å²) in [5.74, 6) is 2.44. The van der Waals surface area contributed by atoms with Crippen LogP contribution in [0.3, 0.4) is 0 Å². The quantitative estimate of drug-likeness (QED) is 0.460. The standard InChI is InChI=1S/C21H17FN2O3S/c1-3-11-27-18-10-9-14(13-19(18)26-4-2)12-16-20(25)24(21(28)23-16)17-8-6-5-7-15(17)22/h1,5-10,12-13H,4,11H2,2H3,(H,23,28)/b16-12-. The number of para-hydroxylation sites is 1. The summed E-state index contributed by atoms with van der Waals surface area (Å²) >= 11 is 5.21. The Morgan fingerprint density at radius 2 is 2.04 bits per heavy atom. The van der Waals surface area contributed by atoms with Crippen molar-refractivity contribution in [2.24, 2.45) is 0 Å². The highest BCUT2D eigenvalue weighted by atomic mass is 32.1. The number of hydrogen-bond acceptors (Lipinski definition) is 4. The Balaban J connectivity index is 1.90. The molecule has 1 saturated heterocycles. The van der Waals surface area contributed by atoms with Gasteiger partial charge in [0.2, 0.25) is 0 Å². The molecule has 0 radical (unpaired) electrons. The van der Waals surface area contributed by atoms with Gasteiger partial charge in [0.25, 0.3) is 5.91 Å². The minimum Gasteiger partial charge on any atom is -0.490 e. The molecule has 1 N–H and O–H groups in total. The van der Waals surface area contributed by atoms with Crippen LogP contribution in [0, 0.1) is 18.2 Å². The molecular weight excluding hydrogens is 379 g/mol. The third-order valence-electron chi connectivity index (χ3n) is 3.86. The van der Waals surface area contributed by atoms with Crippen molar-refractivity contribution < 1.29 is 18.7 Å². The van der Waals surface area contributed by atoms with Gasteiger partial charge in [-0.1, -0.05) is 24.1 Å². The summed E-state index contributed by atoms with van der Waals surface area (Å²) in [6.07, 6.45) is 6.84. The molecule has 7 heteroatoms. The van der Waals surface area contributed by atoms with Gasteiger partial charge in [0.1, 0.15) is 18.1 Å². The first-order valence-electron chi connectivity index (χ1n) is 8.50. The van der Waals surface area contributed by atoms with Crippen LogP contribution in [-0.2, 0) is 4.79 Å². The zero-order valence-electron chi connectivity index (χ0n) is 15.1. The fraction of sp³-hybridized carbons (Fsp3) is 0.143. The number of nitrogens with one attached hydrogen (secondary N) is 1. The fourth-order valence-corrected chi connectivity index (χ4v) is 2.97. The number of rotatable bonds is 6. The van der Waals surface area contributed by atoms with Gasteiger partial charge in [-0.25, -0.2) is 9.29 Å². The average molecular weight is 396 g/mol. The van der Waals surface area contributed by atoms with E-state index in [0.29, 0.717) is 23.7 Å². The third-order valence-corrected chi connectivity index (χ3v) is 4.15. The topological polar surface area (TPSA) is 50.8 Å². The number of carbonyl (C=O) groups excluding carboxylic acids is 1. The second kappa shape index (κ2) is 8.55. The highest BCUT2D eigenvalue weighted by molar-refractivity contribution is 7.80. The summed E-state index contributed by atoms with van der Waals surface area (Å²) in [4.78, 5) is 13.9. The Morgan fingerprint density at radius 1 is 1.25 bits per heavy atom. The van der Waals surface area contributed by atoms with Gasteiger partial charge in [-0.15, -0.1) is 6.42 Å². The first kappa shape index (κ1) is 19.4. The maximum atomic E-state index is 14.1. The van der Waals surface area contributed by atoms with Crippen LogP contribution in [0.4, 0.5) is 10.1 Å². The van der Waals surface area contributed by atoms with Crippen LogP contribution >= 0.6 is 12.2 Å². The molecule has 2 aromatic rings. The molecule has 5 nitrogen and oxygen atoms in total. The van der Waals surface area contributed by atoms with Crippen molar-refractivity contribution in [2.75, 3.05) is 18.1 Å².